The van der Waals surface area contributed by atoms with Crippen LogP contribution in [0.4, 0.5) is 0 Å². The van der Waals surface area contributed by atoms with Crippen LogP contribution < -0.4 is 10.1 Å². The molecule has 0 unspecified atom stereocenters. The fourth-order valence-corrected chi connectivity index (χ4v) is 2.76. The Hall–Kier alpha value is -1.11. The number of amides is 1. The summed E-state index contributed by atoms with van der Waals surface area (Å²) in [5.74, 6) is 0.655. The van der Waals surface area contributed by atoms with Gasteiger partial charge in [-0.05, 0) is 50.7 Å². The van der Waals surface area contributed by atoms with E-state index in [2.05, 4.69) is 38.1 Å². The predicted octanol–water partition coefficient (Wildman–Crippen LogP) is 1.89. The maximum Gasteiger partial charge on any atom is 0.257 e. The molecular formula is C17H26BrN3O2. The van der Waals surface area contributed by atoms with Crippen LogP contribution in [0.5, 0.6) is 5.75 Å². The van der Waals surface area contributed by atoms with E-state index in [1.165, 1.54) is 0 Å². The molecule has 0 radical (unpaired) electrons. The number of ether oxygens (including phenoxy) is 1. The first-order chi connectivity index (χ1) is 11.0. The number of piperazine rings is 1. The summed E-state index contributed by atoms with van der Waals surface area (Å²) in [6.07, 6.45) is 0.979. The van der Waals surface area contributed by atoms with Crippen molar-refractivity contribution in [3.8, 4) is 5.75 Å². The van der Waals surface area contributed by atoms with Crippen molar-refractivity contribution in [2.45, 2.75) is 13.3 Å². The number of benzene rings is 1. The van der Waals surface area contributed by atoms with Gasteiger partial charge >= 0.3 is 0 Å². The largest absolute Gasteiger partial charge is 0.484 e. The van der Waals surface area contributed by atoms with Gasteiger partial charge in [0.05, 0.1) is 0 Å². The first-order valence-corrected chi connectivity index (χ1v) is 8.90. The number of rotatable bonds is 7. The minimum atomic E-state index is -0.0658. The van der Waals surface area contributed by atoms with Gasteiger partial charge in [-0.15, -0.1) is 0 Å². The summed E-state index contributed by atoms with van der Waals surface area (Å²) in [6.45, 7) is 8.31. The fraction of sp³-hybridized carbons (Fsp3) is 0.588. The topological polar surface area (TPSA) is 44.8 Å². The fourth-order valence-electron chi connectivity index (χ4n) is 2.51. The van der Waals surface area contributed by atoms with Crippen molar-refractivity contribution < 1.29 is 9.53 Å². The van der Waals surface area contributed by atoms with Crippen LogP contribution in [0.25, 0.3) is 0 Å². The smallest absolute Gasteiger partial charge is 0.257 e. The van der Waals surface area contributed by atoms with Crippen molar-refractivity contribution in [2.75, 3.05) is 52.9 Å². The van der Waals surface area contributed by atoms with E-state index in [1.54, 1.807) is 0 Å². The Morgan fingerprint density at radius 3 is 2.74 bits per heavy atom. The molecule has 1 aromatic rings. The maximum absolute atomic E-state index is 11.8. The Kier molecular flexibility index (Phi) is 7.33. The van der Waals surface area contributed by atoms with Gasteiger partial charge in [-0.1, -0.05) is 15.9 Å². The summed E-state index contributed by atoms with van der Waals surface area (Å²) in [5.41, 5.74) is 1.09. The van der Waals surface area contributed by atoms with Gasteiger partial charge in [-0.25, -0.2) is 0 Å². The number of aryl methyl sites for hydroxylation is 1. The molecule has 0 atom stereocenters. The van der Waals surface area contributed by atoms with Gasteiger partial charge < -0.3 is 19.9 Å². The molecule has 1 saturated heterocycles. The van der Waals surface area contributed by atoms with Gasteiger partial charge in [0.2, 0.25) is 0 Å². The Labute approximate surface area is 147 Å². The molecule has 6 heteroatoms. The molecule has 1 aromatic carbocycles. The van der Waals surface area contributed by atoms with Crippen molar-refractivity contribution in [2.24, 2.45) is 0 Å². The summed E-state index contributed by atoms with van der Waals surface area (Å²) in [5, 5.41) is 2.92. The SMILES string of the molecule is Cc1cc(OCC(=O)NCCCN2CCN(C)CC2)ccc1Br. The summed E-state index contributed by atoms with van der Waals surface area (Å²) in [6, 6.07) is 5.71. The van der Waals surface area contributed by atoms with Crippen LogP contribution in [0, 0.1) is 6.92 Å². The Balaban J connectivity index is 1.57. The summed E-state index contributed by atoms with van der Waals surface area (Å²) < 4.78 is 6.55. The summed E-state index contributed by atoms with van der Waals surface area (Å²) in [4.78, 5) is 16.6. The lowest BCUT2D eigenvalue weighted by Crippen LogP contribution is -2.45. The highest BCUT2D eigenvalue weighted by atomic mass is 79.9. The lowest BCUT2D eigenvalue weighted by Gasteiger charge is -2.32. The van der Waals surface area contributed by atoms with Crippen LogP contribution in [-0.2, 0) is 4.79 Å². The third-order valence-electron chi connectivity index (χ3n) is 4.07. The quantitative estimate of drug-likeness (QED) is 0.730. The average Bonchev–Trinajstić information content (AvgIpc) is 2.54. The van der Waals surface area contributed by atoms with E-state index in [4.69, 9.17) is 4.74 Å². The Morgan fingerprint density at radius 1 is 1.30 bits per heavy atom. The molecule has 1 N–H and O–H groups in total. The molecular weight excluding hydrogens is 358 g/mol. The number of hydrogen-bond acceptors (Lipinski definition) is 4. The number of carbonyl (C=O) groups is 1. The third-order valence-corrected chi connectivity index (χ3v) is 4.96. The van der Waals surface area contributed by atoms with Crippen molar-refractivity contribution in [1.82, 2.24) is 15.1 Å². The van der Waals surface area contributed by atoms with Crippen LogP contribution >= 0.6 is 15.9 Å². The van der Waals surface area contributed by atoms with E-state index in [1.807, 2.05) is 25.1 Å². The molecule has 1 aliphatic rings. The lowest BCUT2D eigenvalue weighted by molar-refractivity contribution is -0.123. The van der Waals surface area contributed by atoms with Gasteiger partial charge in [0.25, 0.3) is 5.91 Å². The predicted molar refractivity (Wildman–Crippen MR) is 95.9 cm³/mol. The monoisotopic (exact) mass is 383 g/mol. The number of nitrogens with zero attached hydrogens (tertiary/aromatic N) is 2. The summed E-state index contributed by atoms with van der Waals surface area (Å²) >= 11 is 3.45. The van der Waals surface area contributed by atoms with Crippen LogP contribution in [0.3, 0.4) is 0 Å². The molecule has 0 spiro atoms. The summed E-state index contributed by atoms with van der Waals surface area (Å²) in [7, 11) is 2.16. The average molecular weight is 384 g/mol. The Bertz CT molecular complexity index is 517. The number of halogens is 1. The lowest BCUT2D eigenvalue weighted by atomic mass is 10.2. The molecule has 1 heterocycles. The molecule has 1 amide bonds. The zero-order valence-electron chi connectivity index (χ0n) is 14.0. The van der Waals surface area contributed by atoms with Gasteiger partial charge in [0.15, 0.2) is 6.61 Å². The highest BCUT2D eigenvalue weighted by Crippen LogP contribution is 2.21. The molecule has 1 fully saturated rings. The highest BCUT2D eigenvalue weighted by Gasteiger charge is 2.12. The molecule has 0 aliphatic carbocycles. The molecule has 0 bridgehead atoms. The molecule has 23 heavy (non-hydrogen) atoms. The molecule has 1 aliphatic heterocycles. The van der Waals surface area contributed by atoms with Gasteiger partial charge in [-0.3, -0.25) is 4.79 Å². The molecule has 0 aromatic heterocycles. The van der Waals surface area contributed by atoms with Crippen molar-refractivity contribution in [3.63, 3.8) is 0 Å². The minimum Gasteiger partial charge on any atom is -0.484 e. The van der Waals surface area contributed by atoms with E-state index < -0.39 is 0 Å². The Morgan fingerprint density at radius 2 is 2.04 bits per heavy atom. The van der Waals surface area contributed by atoms with E-state index in [9.17, 15) is 4.79 Å². The zero-order chi connectivity index (χ0) is 16.7. The van der Waals surface area contributed by atoms with Crippen molar-refractivity contribution in [3.05, 3.63) is 28.2 Å². The number of hydrogen-bond donors (Lipinski definition) is 1. The van der Waals surface area contributed by atoms with Gasteiger partial charge in [-0.2, -0.15) is 0 Å². The molecule has 128 valence electrons. The van der Waals surface area contributed by atoms with E-state index in [0.29, 0.717) is 6.54 Å². The second kappa shape index (κ2) is 9.25. The van der Waals surface area contributed by atoms with Crippen molar-refractivity contribution in [1.29, 1.82) is 0 Å². The molecule has 2 rings (SSSR count). The first kappa shape index (κ1) is 18.2. The number of nitrogens with one attached hydrogen (secondary N) is 1. The van der Waals surface area contributed by atoms with Gasteiger partial charge in [0, 0.05) is 37.2 Å². The standard InChI is InChI=1S/C17H26BrN3O2/c1-14-12-15(4-5-16(14)18)23-13-17(22)19-6-3-7-21-10-8-20(2)9-11-21/h4-5,12H,3,6-11,13H2,1-2H3,(H,19,22). The van der Waals surface area contributed by atoms with Gasteiger partial charge in [0.1, 0.15) is 5.75 Å². The number of carbonyl (C=O) groups excluding carboxylic acids is 1. The third kappa shape index (κ3) is 6.49. The second-order valence-electron chi connectivity index (χ2n) is 6.05. The van der Waals surface area contributed by atoms with Crippen LogP contribution in [-0.4, -0.2) is 68.6 Å². The highest BCUT2D eigenvalue weighted by molar-refractivity contribution is 9.10. The van der Waals surface area contributed by atoms with Crippen LogP contribution in [0.1, 0.15) is 12.0 Å². The molecule has 0 saturated carbocycles. The maximum atomic E-state index is 11.8. The van der Waals surface area contributed by atoms with Crippen molar-refractivity contribution >= 4 is 21.8 Å². The van der Waals surface area contributed by atoms with E-state index >= 15 is 0 Å². The first-order valence-electron chi connectivity index (χ1n) is 8.11. The van der Waals surface area contributed by atoms with E-state index in [0.717, 1.165) is 54.9 Å². The number of likely N-dealkylation sites (N-methyl/N-ethyl adjacent to an activating group) is 1. The second-order valence-corrected chi connectivity index (χ2v) is 6.90. The zero-order valence-corrected chi connectivity index (χ0v) is 15.6. The minimum absolute atomic E-state index is 0.0651. The van der Waals surface area contributed by atoms with Crippen LogP contribution in [0.15, 0.2) is 22.7 Å². The van der Waals surface area contributed by atoms with Crippen LogP contribution in [0.2, 0.25) is 0 Å². The van der Waals surface area contributed by atoms with E-state index in [-0.39, 0.29) is 12.5 Å². The molecule has 5 nitrogen and oxygen atoms in total. The normalized spacial score (nSPS) is 16.3.